The van der Waals surface area contributed by atoms with Gasteiger partial charge in [-0.05, 0) is 50.3 Å². The first kappa shape index (κ1) is 14.8. The van der Waals surface area contributed by atoms with Gasteiger partial charge in [0.2, 0.25) is 0 Å². The smallest absolute Gasteiger partial charge is 0.301 e. The quantitative estimate of drug-likeness (QED) is 0.842. The lowest BCUT2D eigenvalue weighted by atomic mass is 10.00. The molecule has 1 aromatic carbocycles. The van der Waals surface area contributed by atoms with Crippen molar-refractivity contribution in [3.05, 3.63) is 30.3 Å². The van der Waals surface area contributed by atoms with E-state index in [1.165, 1.54) is 12.8 Å². The Bertz CT molecular complexity index is 558. The van der Waals surface area contributed by atoms with E-state index in [1.807, 2.05) is 18.2 Å². The monoisotopic (exact) mass is 309 g/mol. The lowest BCUT2D eigenvalue weighted by molar-refractivity contribution is 0.261. The lowest BCUT2D eigenvalue weighted by Gasteiger charge is -2.32. The Kier molecular flexibility index (Phi) is 4.47. The van der Waals surface area contributed by atoms with Crippen LogP contribution in [0.3, 0.4) is 0 Å². The van der Waals surface area contributed by atoms with Crippen LogP contribution in [0.5, 0.6) is 0 Å². The van der Waals surface area contributed by atoms with Crippen LogP contribution >= 0.6 is 0 Å². The van der Waals surface area contributed by atoms with Crippen LogP contribution in [0.25, 0.3) is 0 Å². The van der Waals surface area contributed by atoms with Crippen LogP contribution in [0.2, 0.25) is 0 Å². The standard InChI is InChI=1S/C15H23N3O2S/c19-21(20,17-15-6-2-1-3-7-15)18-10-4-5-13(12-18)11-16-14-8-9-14/h1-3,6-7,13-14,16-17H,4-5,8-12H2. The van der Waals surface area contributed by atoms with Gasteiger partial charge < -0.3 is 5.32 Å². The fourth-order valence-electron chi connectivity index (χ4n) is 2.75. The summed E-state index contributed by atoms with van der Waals surface area (Å²) in [4.78, 5) is 0. The minimum absolute atomic E-state index is 0.423. The molecule has 2 aliphatic rings. The molecule has 0 amide bonds. The van der Waals surface area contributed by atoms with E-state index in [0.29, 0.717) is 30.7 Å². The molecule has 2 N–H and O–H groups in total. The molecule has 1 saturated heterocycles. The summed E-state index contributed by atoms with van der Waals surface area (Å²) in [6, 6.07) is 9.76. The van der Waals surface area contributed by atoms with Crippen molar-refractivity contribution in [1.82, 2.24) is 9.62 Å². The Morgan fingerprint density at radius 2 is 1.90 bits per heavy atom. The molecule has 1 saturated carbocycles. The largest absolute Gasteiger partial charge is 0.314 e. The second-order valence-corrected chi connectivity index (χ2v) is 7.69. The third-order valence-corrected chi connectivity index (χ3v) is 5.62. The molecule has 0 aromatic heterocycles. The zero-order valence-corrected chi connectivity index (χ0v) is 13.0. The van der Waals surface area contributed by atoms with Crippen LogP contribution in [0.15, 0.2) is 30.3 Å². The van der Waals surface area contributed by atoms with Gasteiger partial charge >= 0.3 is 10.2 Å². The highest BCUT2D eigenvalue weighted by Gasteiger charge is 2.30. The van der Waals surface area contributed by atoms with Crippen LogP contribution in [0.4, 0.5) is 5.69 Å². The van der Waals surface area contributed by atoms with Crippen molar-refractivity contribution in [3.63, 3.8) is 0 Å². The number of piperidine rings is 1. The molecule has 3 rings (SSSR count). The number of anilines is 1. The van der Waals surface area contributed by atoms with Gasteiger partial charge in [-0.1, -0.05) is 18.2 Å². The van der Waals surface area contributed by atoms with E-state index in [0.717, 1.165) is 19.4 Å². The molecule has 1 heterocycles. The van der Waals surface area contributed by atoms with Gasteiger partial charge in [-0.15, -0.1) is 0 Å². The highest BCUT2D eigenvalue weighted by atomic mass is 32.2. The Labute approximate surface area is 126 Å². The van der Waals surface area contributed by atoms with Gasteiger partial charge in [0.25, 0.3) is 0 Å². The van der Waals surface area contributed by atoms with Crippen molar-refractivity contribution < 1.29 is 8.42 Å². The van der Waals surface area contributed by atoms with Crippen molar-refractivity contribution in [2.45, 2.75) is 31.7 Å². The summed E-state index contributed by atoms with van der Waals surface area (Å²) < 4.78 is 29.1. The summed E-state index contributed by atoms with van der Waals surface area (Å²) in [5, 5.41) is 3.51. The highest BCUT2D eigenvalue weighted by molar-refractivity contribution is 7.90. The van der Waals surface area contributed by atoms with Gasteiger partial charge in [0, 0.05) is 24.8 Å². The second-order valence-electron chi connectivity index (χ2n) is 6.02. The molecule has 0 bridgehead atoms. The number of benzene rings is 1. The van der Waals surface area contributed by atoms with Crippen molar-refractivity contribution >= 4 is 15.9 Å². The normalized spacial score (nSPS) is 23.9. The molecule has 1 atom stereocenters. The van der Waals surface area contributed by atoms with E-state index in [9.17, 15) is 8.42 Å². The fraction of sp³-hybridized carbons (Fsp3) is 0.600. The maximum Gasteiger partial charge on any atom is 0.301 e. The van der Waals surface area contributed by atoms with E-state index in [-0.39, 0.29) is 0 Å². The van der Waals surface area contributed by atoms with E-state index in [4.69, 9.17) is 0 Å². The van der Waals surface area contributed by atoms with Gasteiger partial charge in [0.1, 0.15) is 0 Å². The lowest BCUT2D eigenvalue weighted by Crippen LogP contribution is -2.45. The molecule has 1 unspecified atom stereocenters. The first-order chi connectivity index (χ1) is 10.1. The third-order valence-electron chi connectivity index (χ3n) is 4.11. The molecule has 1 aliphatic heterocycles. The summed E-state index contributed by atoms with van der Waals surface area (Å²) in [5.74, 6) is 0.423. The predicted molar refractivity (Wildman–Crippen MR) is 84.3 cm³/mol. The van der Waals surface area contributed by atoms with Crippen LogP contribution in [-0.2, 0) is 10.2 Å². The summed E-state index contributed by atoms with van der Waals surface area (Å²) in [6.45, 7) is 2.16. The number of nitrogens with one attached hydrogen (secondary N) is 2. The fourth-order valence-corrected chi connectivity index (χ4v) is 4.09. The Hall–Kier alpha value is -1.11. The Morgan fingerprint density at radius 1 is 1.14 bits per heavy atom. The maximum absolute atomic E-state index is 12.4. The molecule has 1 aliphatic carbocycles. The second kappa shape index (κ2) is 6.34. The number of nitrogens with zero attached hydrogens (tertiary/aromatic N) is 1. The number of para-hydroxylation sites is 1. The zero-order chi connectivity index (χ0) is 14.7. The minimum Gasteiger partial charge on any atom is -0.314 e. The van der Waals surface area contributed by atoms with E-state index >= 15 is 0 Å². The SMILES string of the molecule is O=S(=O)(Nc1ccccc1)N1CCCC(CNC2CC2)C1. The van der Waals surface area contributed by atoms with Crippen LogP contribution in [0, 0.1) is 5.92 Å². The zero-order valence-electron chi connectivity index (χ0n) is 12.2. The third kappa shape index (κ3) is 4.18. The number of hydrogen-bond acceptors (Lipinski definition) is 3. The van der Waals surface area contributed by atoms with E-state index in [2.05, 4.69) is 10.0 Å². The molecule has 0 spiro atoms. The summed E-state index contributed by atoms with van der Waals surface area (Å²) >= 11 is 0. The van der Waals surface area contributed by atoms with Gasteiger partial charge in [-0.2, -0.15) is 12.7 Å². The summed E-state index contributed by atoms with van der Waals surface area (Å²) in [7, 11) is -3.44. The van der Waals surface area contributed by atoms with Crippen molar-refractivity contribution in [1.29, 1.82) is 0 Å². The molecule has 5 nitrogen and oxygen atoms in total. The van der Waals surface area contributed by atoms with Crippen LogP contribution < -0.4 is 10.0 Å². The van der Waals surface area contributed by atoms with Crippen molar-refractivity contribution in [3.8, 4) is 0 Å². The topological polar surface area (TPSA) is 61.4 Å². The molecule has 21 heavy (non-hydrogen) atoms. The summed E-state index contributed by atoms with van der Waals surface area (Å²) in [5.41, 5.74) is 0.621. The van der Waals surface area contributed by atoms with Gasteiger partial charge in [-0.25, -0.2) is 0 Å². The molecule has 0 radical (unpaired) electrons. The Morgan fingerprint density at radius 3 is 2.62 bits per heavy atom. The first-order valence-electron chi connectivity index (χ1n) is 7.70. The van der Waals surface area contributed by atoms with E-state index in [1.54, 1.807) is 16.4 Å². The van der Waals surface area contributed by atoms with Crippen LogP contribution in [0.1, 0.15) is 25.7 Å². The molecular weight excluding hydrogens is 286 g/mol. The van der Waals surface area contributed by atoms with Gasteiger partial charge in [0.15, 0.2) is 0 Å². The van der Waals surface area contributed by atoms with Crippen molar-refractivity contribution in [2.24, 2.45) is 5.92 Å². The summed E-state index contributed by atoms with van der Waals surface area (Å²) in [6.07, 6.45) is 4.58. The Balaban J connectivity index is 1.58. The number of rotatable bonds is 6. The predicted octanol–water partition coefficient (Wildman–Crippen LogP) is 1.81. The average Bonchev–Trinajstić information content (AvgIpc) is 3.30. The molecule has 2 fully saturated rings. The molecule has 6 heteroatoms. The molecular formula is C15H23N3O2S. The van der Waals surface area contributed by atoms with Crippen molar-refractivity contribution in [2.75, 3.05) is 24.4 Å². The highest BCUT2D eigenvalue weighted by Crippen LogP contribution is 2.23. The van der Waals surface area contributed by atoms with Crippen LogP contribution in [-0.4, -0.2) is 38.4 Å². The molecule has 116 valence electrons. The minimum atomic E-state index is -3.44. The maximum atomic E-state index is 12.4. The first-order valence-corrected chi connectivity index (χ1v) is 9.14. The average molecular weight is 309 g/mol. The number of hydrogen-bond donors (Lipinski definition) is 2. The van der Waals surface area contributed by atoms with Gasteiger partial charge in [0.05, 0.1) is 0 Å². The van der Waals surface area contributed by atoms with Gasteiger partial charge in [-0.3, -0.25) is 4.72 Å². The molecule has 1 aromatic rings. The van der Waals surface area contributed by atoms with E-state index < -0.39 is 10.2 Å².